The van der Waals surface area contributed by atoms with E-state index in [2.05, 4.69) is 4.90 Å². The van der Waals surface area contributed by atoms with Gasteiger partial charge in [0.25, 0.3) is 0 Å². The Bertz CT molecular complexity index is 441. The second-order valence-electron chi connectivity index (χ2n) is 5.21. The lowest BCUT2D eigenvalue weighted by Crippen LogP contribution is -2.22. The number of esters is 1. The molecule has 110 valence electrons. The zero-order valence-corrected chi connectivity index (χ0v) is 12.3. The van der Waals surface area contributed by atoms with Crippen LogP contribution >= 0.6 is 0 Å². The SMILES string of the molecule is COC(=O)c1ccccc1N(C)CCCC1CCCO1. The Labute approximate surface area is 120 Å². The fraction of sp³-hybridized carbons (Fsp3) is 0.562. The topological polar surface area (TPSA) is 38.8 Å². The van der Waals surface area contributed by atoms with Gasteiger partial charge in [-0.2, -0.15) is 0 Å². The lowest BCUT2D eigenvalue weighted by Gasteiger charge is -2.22. The van der Waals surface area contributed by atoms with E-state index in [1.165, 1.54) is 20.0 Å². The van der Waals surface area contributed by atoms with Crippen LogP contribution in [0.3, 0.4) is 0 Å². The van der Waals surface area contributed by atoms with Crippen molar-refractivity contribution in [2.45, 2.75) is 31.8 Å². The minimum Gasteiger partial charge on any atom is -0.465 e. The van der Waals surface area contributed by atoms with E-state index in [-0.39, 0.29) is 5.97 Å². The highest BCUT2D eigenvalue weighted by atomic mass is 16.5. The van der Waals surface area contributed by atoms with Crippen LogP contribution in [0.25, 0.3) is 0 Å². The van der Waals surface area contributed by atoms with Crippen LogP contribution in [-0.4, -0.2) is 39.4 Å². The third-order valence-corrected chi connectivity index (χ3v) is 3.76. The quantitative estimate of drug-likeness (QED) is 0.749. The number of carbonyl (C=O) groups is 1. The van der Waals surface area contributed by atoms with Crippen molar-refractivity contribution >= 4 is 11.7 Å². The molecular weight excluding hydrogens is 254 g/mol. The Morgan fingerprint density at radius 3 is 2.95 bits per heavy atom. The van der Waals surface area contributed by atoms with E-state index in [0.29, 0.717) is 11.7 Å². The molecule has 4 heteroatoms. The number of anilines is 1. The zero-order valence-electron chi connectivity index (χ0n) is 12.3. The van der Waals surface area contributed by atoms with Gasteiger partial charge in [0.1, 0.15) is 0 Å². The van der Waals surface area contributed by atoms with Crippen molar-refractivity contribution in [2.75, 3.05) is 32.2 Å². The lowest BCUT2D eigenvalue weighted by molar-refractivity contribution is 0.0601. The summed E-state index contributed by atoms with van der Waals surface area (Å²) in [6.45, 7) is 1.82. The molecule has 0 aliphatic carbocycles. The van der Waals surface area contributed by atoms with Crippen LogP contribution in [0.2, 0.25) is 0 Å². The molecule has 0 aromatic heterocycles. The number of benzene rings is 1. The summed E-state index contributed by atoms with van der Waals surface area (Å²) in [7, 11) is 3.42. The number of carbonyl (C=O) groups excluding carboxylic acids is 1. The van der Waals surface area contributed by atoms with Gasteiger partial charge in [-0.25, -0.2) is 4.79 Å². The molecule has 1 aromatic carbocycles. The zero-order chi connectivity index (χ0) is 14.4. The van der Waals surface area contributed by atoms with E-state index in [0.717, 1.165) is 31.7 Å². The highest BCUT2D eigenvalue weighted by Crippen LogP contribution is 2.22. The first-order valence-electron chi connectivity index (χ1n) is 7.22. The summed E-state index contributed by atoms with van der Waals surface area (Å²) >= 11 is 0. The predicted molar refractivity (Wildman–Crippen MR) is 79.3 cm³/mol. The molecule has 0 N–H and O–H groups in total. The Kier molecular flexibility index (Phi) is 5.41. The maximum Gasteiger partial charge on any atom is 0.339 e. The number of nitrogens with zero attached hydrogens (tertiary/aromatic N) is 1. The fourth-order valence-electron chi connectivity index (χ4n) is 2.64. The van der Waals surface area contributed by atoms with Gasteiger partial charge in [-0.1, -0.05) is 12.1 Å². The minimum absolute atomic E-state index is 0.286. The molecule has 1 unspecified atom stereocenters. The summed E-state index contributed by atoms with van der Waals surface area (Å²) in [4.78, 5) is 13.9. The van der Waals surface area contributed by atoms with Crippen LogP contribution in [0.4, 0.5) is 5.69 Å². The van der Waals surface area contributed by atoms with Crippen LogP contribution in [0.1, 0.15) is 36.0 Å². The second-order valence-corrected chi connectivity index (χ2v) is 5.21. The van der Waals surface area contributed by atoms with Crippen molar-refractivity contribution in [3.63, 3.8) is 0 Å². The summed E-state index contributed by atoms with van der Waals surface area (Å²) in [5.41, 5.74) is 1.54. The summed E-state index contributed by atoms with van der Waals surface area (Å²) in [6, 6.07) is 7.56. The Balaban J connectivity index is 1.91. The summed E-state index contributed by atoms with van der Waals surface area (Å²) in [5, 5.41) is 0. The molecule has 1 atom stereocenters. The van der Waals surface area contributed by atoms with E-state index in [9.17, 15) is 4.79 Å². The van der Waals surface area contributed by atoms with E-state index in [4.69, 9.17) is 9.47 Å². The predicted octanol–water partition coefficient (Wildman–Crippen LogP) is 2.87. The first-order valence-corrected chi connectivity index (χ1v) is 7.22. The smallest absolute Gasteiger partial charge is 0.339 e. The second kappa shape index (κ2) is 7.29. The van der Waals surface area contributed by atoms with Gasteiger partial charge in [-0.05, 0) is 37.8 Å². The van der Waals surface area contributed by atoms with Crippen LogP contribution in [0, 0.1) is 0 Å². The standard InChI is InChI=1S/C16H23NO3/c1-17(11-5-7-13-8-6-12-20-13)15-10-4-3-9-14(15)16(18)19-2/h3-4,9-10,13H,5-8,11-12H2,1-2H3. The molecule has 0 saturated carbocycles. The first kappa shape index (κ1) is 14.9. The number of rotatable bonds is 6. The summed E-state index contributed by atoms with van der Waals surface area (Å²) in [6.07, 6.45) is 4.95. The minimum atomic E-state index is -0.286. The van der Waals surface area contributed by atoms with E-state index >= 15 is 0 Å². The Hall–Kier alpha value is -1.55. The van der Waals surface area contributed by atoms with Crippen LogP contribution in [0.5, 0.6) is 0 Å². The van der Waals surface area contributed by atoms with Gasteiger partial charge in [0.15, 0.2) is 0 Å². The first-order chi connectivity index (χ1) is 9.72. The van der Waals surface area contributed by atoms with Crippen molar-refractivity contribution in [3.05, 3.63) is 29.8 Å². The summed E-state index contributed by atoms with van der Waals surface area (Å²) < 4.78 is 10.5. The molecule has 1 aromatic rings. The molecule has 2 rings (SSSR count). The van der Waals surface area contributed by atoms with Gasteiger partial charge in [0.2, 0.25) is 0 Å². The van der Waals surface area contributed by atoms with Gasteiger partial charge in [-0.15, -0.1) is 0 Å². The molecule has 0 bridgehead atoms. The molecule has 1 fully saturated rings. The van der Waals surface area contributed by atoms with Crippen LogP contribution in [0.15, 0.2) is 24.3 Å². The normalized spacial score (nSPS) is 18.0. The Morgan fingerprint density at radius 2 is 2.25 bits per heavy atom. The van der Waals surface area contributed by atoms with Gasteiger partial charge in [0.05, 0.1) is 24.5 Å². The van der Waals surface area contributed by atoms with Gasteiger partial charge in [0, 0.05) is 20.2 Å². The van der Waals surface area contributed by atoms with Crippen LogP contribution in [-0.2, 0) is 9.47 Å². The molecule has 1 saturated heterocycles. The van der Waals surface area contributed by atoms with Crippen molar-refractivity contribution in [1.82, 2.24) is 0 Å². The number of para-hydroxylation sites is 1. The van der Waals surface area contributed by atoms with Crippen molar-refractivity contribution in [3.8, 4) is 0 Å². The summed E-state index contributed by atoms with van der Waals surface area (Å²) in [5.74, 6) is -0.286. The maximum atomic E-state index is 11.8. The molecular formula is C16H23NO3. The van der Waals surface area contributed by atoms with Crippen molar-refractivity contribution in [1.29, 1.82) is 0 Å². The third kappa shape index (κ3) is 3.73. The maximum absolute atomic E-state index is 11.8. The highest BCUT2D eigenvalue weighted by Gasteiger charge is 2.17. The number of hydrogen-bond acceptors (Lipinski definition) is 4. The third-order valence-electron chi connectivity index (χ3n) is 3.76. The molecule has 0 radical (unpaired) electrons. The highest BCUT2D eigenvalue weighted by molar-refractivity contribution is 5.95. The van der Waals surface area contributed by atoms with Gasteiger partial charge in [-0.3, -0.25) is 0 Å². The average Bonchev–Trinajstić information content (AvgIpc) is 2.99. The van der Waals surface area contributed by atoms with Crippen molar-refractivity contribution < 1.29 is 14.3 Å². The number of ether oxygens (including phenoxy) is 2. The molecule has 0 amide bonds. The molecule has 1 aliphatic heterocycles. The van der Waals surface area contributed by atoms with Gasteiger partial charge < -0.3 is 14.4 Å². The number of methoxy groups -OCH3 is 1. The molecule has 1 heterocycles. The molecule has 1 aliphatic rings. The molecule has 4 nitrogen and oxygen atoms in total. The Morgan fingerprint density at radius 1 is 1.45 bits per heavy atom. The van der Waals surface area contributed by atoms with E-state index < -0.39 is 0 Å². The van der Waals surface area contributed by atoms with E-state index in [1.54, 1.807) is 6.07 Å². The fourth-order valence-corrected chi connectivity index (χ4v) is 2.64. The largest absolute Gasteiger partial charge is 0.465 e. The van der Waals surface area contributed by atoms with Gasteiger partial charge >= 0.3 is 5.97 Å². The van der Waals surface area contributed by atoms with Crippen molar-refractivity contribution in [2.24, 2.45) is 0 Å². The van der Waals surface area contributed by atoms with Crippen LogP contribution < -0.4 is 4.90 Å². The van der Waals surface area contributed by atoms with E-state index in [1.807, 2.05) is 25.2 Å². The molecule has 20 heavy (non-hydrogen) atoms. The average molecular weight is 277 g/mol. The lowest BCUT2D eigenvalue weighted by atomic mass is 10.1. The molecule has 0 spiro atoms. The number of hydrogen-bond donors (Lipinski definition) is 0. The monoisotopic (exact) mass is 277 g/mol.